The van der Waals surface area contributed by atoms with Gasteiger partial charge in [0.2, 0.25) is 5.91 Å². The smallest absolute Gasteiger partial charge is 0.239 e. The van der Waals surface area contributed by atoms with Crippen LogP contribution in [0, 0.1) is 6.92 Å². The summed E-state index contributed by atoms with van der Waals surface area (Å²) < 4.78 is 15.9. The molecule has 1 N–H and O–H groups in total. The number of carbonyl (C=O) groups excluding carboxylic acids is 1. The van der Waals surface area contributed by atoms with Gasteiger partial charge in [0, 0.05) is 27.2 Å². The van der Waals surface area contributed by atoms with Gasteiger partial charge in [0.1, 0.15) is 0 Å². The summed E-state index contributed by atoms with van der Waals surface area (Å²) in [6.07, 6.45) is 0.824. The van der Waals surface area contributed by atoms with E-state index in [4.69, 9.17) is 14.2 Å². The molecule has 1 heterocycles. The van der Waals surface area contributed by atoms with E-state index in [1.54, 1.807) is 26.2 Å². The molecule has 23 heavy (non-hydrogen) atoms. The second-order valence-electron chi connectivity index (χ2n) is 5.88. The van der Waals surface area contributed by atoms with Crippen molar-refractivity contribution in [3.05, 3.63) is 23.3 Å². The summed E-state index contributed by atoms with van der Waals surface area (Å²) in [5, 5.41) is 3.22. The summed E-state index contributed by atoms with van der Waals surface area (Å²) in [4.78, 5) is 14.3. The zero-order valence-corrected chi connectivity index (χ0v) is 14.5. The maximum Gasteiger partial charge on any atom is 0.239 e. The maximum absolute atomic E-state index is 12.6. The van der Waals surface area contributed by atoms with Crippen molar-refractivity contribution in [2.45, 2.75) is 32.0 Å². The van der Waals surface area contributed by atoms with E-state index in [9.17, 15) is 4.79 Å². The average molecular weight is 322 g/mol. The lowest BCUT2D eigenvalue weighted by atomic mass is 10.1. The van der Waals surface area contributed by atoms with Gasteiger partial charge in [-0.1, -0.05) is 0 Å². The van der Waals surface area contributed by atoms with Crippen LogP contribution in [0.1, 0.15) is 17.5 Å². The lowest BCUT2D eigenvalue weighted by Gasteiger charge is -2.23. The molecule has 6 nitrogen and oxygen atoms in total. The van der Waals surface area contributed by atoms with Gasteiger partial charge in [-0.2, -0.15) is 0 Å². The van der Waals surface area contributed by atoms with Crippen LogP contribution in [-0.4, -0.2) is 57.9 Å². The molecule has 0 aromatic heterocycles. The van der Waals surface area contributed by atoms with E-state index in [1.807, 2.05) is 26.1 Å². The number of hydrogen-bond acceptors (Lipinski definition) is 5. The number of nitrogens with zero attached hydrogens (tertiary/aromatic N) is 1. The SMILES string of the molecule is COc1cc(C)c(CN(C)C(=O)[C@@H]2C[C@H](OC)CN2)cc1OC. The number of ether oxygens (including phenoxy) is 3. The summed E-state index contributed by atoms with van der Waals surface area (Å²) in [5.74, 6) is 1.45. The number of benzene rings is 1. The second-order valence-corrected chi connectivity index (χ2v) is 5.88. The quantitative estimate of drug-likeness (QED) is 0.857. The molecule has 0 aliphatic carbocycles. The van der Waals surface area contributed by atoms with E-state index in [0.29, 0.717) is 24.5 Å². The predicted octanol–water partition coefficient (Wildman–Crippen LogP) is 1.35. The fourth-order valence-electron chi connectivity index (χ4n) is 2.86. The van der Waals surface area contributed by atoms with Gasteiger partial charge in [-0.15, -0.1) is 0 Å². The molecule has 0 saturated carbocycles. The van der Waals surface area contributed by atoms with E-state index >= 15 is 0 Å². The lowest BCUT2D eigenvalue weighted by molar-refractivity contribution is -0.132. The van der Waals surface area contributed by atoms with Crippen molar-refractivity contribution >= 4 is 5.91 Å². The van der Waals surface area contributed by atoms with Crippen LogP contribution in [0.2, 0.25) is 0 Å². The third kappa shape index (κ3) is 3.95. The first-order valence-electron chi connectivity index (χ1n) is 7.72. The molecule has 1 aromatic carbocycles. The molecule has 128 valence electrons. The number of amides is 1. The Kier molecular flexibility index (Phi) is 5.85. The topological polar surface area (TPSA) is 60.0 Å². The van der Waals surface area contributed by atoms with Crippen molar-refractivity contribution in [1.82, 2.24) is 10.2 Å². The van der Waals surface area contributed by atoms with Crippen LogP contribution in [-0.2, 0) is 16.1 Å². The number of hydrogen-bond donors (Lipinski definition) is 1. The van der Waals surface area contributed by atoms with Crippen LogP contribution in [0.4, 0.5) is 0 Å². The van der Waals surface area contributed by atoms with E-state index in [-0.39, 0.29) is 18.1 Å². The molecule has 1 aliphatic heterocycles. The van der Waals surface area contributed by atoms with Crippen molar-refractivity contribution in [1.29, 1.82) is 0 Å². The van der Waals surface area contributed by atoms with Crippen LogP contribution in [0.25, 0.3) is 0 Å². The van der Waals surface area contributed by atoms with Crippen molar-refractivity contribution in [3.8, 4) is 11.5 Å². The first kappa shape index (κ1) is 17.6. The largest absolute Gasteiger partial charge is 0.493 e. The highest BCUT2D eigenvalue weighted by atomic mass is 16.5. The molecule has 1 saturated heterocycles. The zero-order chi connectivity index (χ0) is 17.0. The Morgan fingerprint density at radius 3 is 2.48 bits per heavy atom. The van der Waals surface area contributed by atoms with Crippen LogP contribution < -0.4 is 14.8 Å². The van der Waals surface area contributed by atoms with Crippen molar-refractivity contribution < 1.29 is 19.0 Å². The molecular formula is C17H26N2O4. The molecule has 1 fully saturated rings. The lowest BCUT2D eigenvalue weighted by Crippen LogP contribution is -2.41. The molecule has 2 rings (SSSR count). The minimum Gasteiger partial charge on any atom is -0.493 e. The first-order chi connectivity index (χ1) is 11.0. The zero-order valence-electron chi connectivity index (χ0n) is 14.5. The minimum absolute atomic E-state index is 0.0822. The number of carbonyl (C=O) groups is 1. The second kappa shape index (κ2) is 7.66. The first-order valence-corrected chi connectivity index (χ1v) is 7.72. The number of aryl methyl sites for hydroxylation is 1. The summed E-state index contributed by atoms with van der Waals surface area (Å²) in [7, 11) is 6.72. The molecule has 2 atom stereocenters. The number of likely N-dealkylation sites (N-methyl/N-ethyl adjacent to an activating group) is 1. The van der Waals surface area contributed by atoms with Gasteiger partial charge in [-0.3, -0.25) is 4.79 Å². The Hall–Kier alpha value is -1.79. The molecule has 0 spiro atoms. The molecule has 1 aromatic rings. The van der Waals surface area contributed by atoms with Crippen LogP contribution in [0.5, 0.6) is 11.5 Å². The highest BCUT2D eigenvalue weighted by molar-refractivity contribution is 5.82. The fourth-order valence-corrected chi connectivity index (χ4v) is 2.86. The third-order valence-corrected chi connectivity index (χ3v) is 4.35. The van der Waals surface area contributed by atoms with Crippen LogP contribution in [0.3, 0.4) is 0 Å². The molecule has 6 heteroatoms. The third-order valence-electron chi connectivity index (χ3n) is 4.35. The molecule has 0 bridgehead atoms. The monoisotopic (exact) mass is 322 g/mol. The van der Waals surface area contributed by atoms with Gasteiger partial charge in [0.25, 0.3) is 0 Å². The van der Waals surface area contributed by atoms with E-state index in [2.05, 4.69) is 5.32 Å². The van der Waals surface area contributed by atoms with Crippen LogP contribution >= 0.6 is 0 Å². The Balaban J connectivity index is 2.08. The van der Waals surface area contributed by atoms with Gasteiger partial charge in [-0.25, -0.2) is 0 Å². The Labute approximate surface area is 137 Å². The number of nitrogens with one attached hydrogen (secondary N) is 1. The van der Waals surface area contributed by atoms with Gasteiger partial charge < -0.3 is 24.4 Å². The Bertz CT molecular complexity index is 562. The van der Waals surface area contributed by atoms with Gasteiger partial charge in [0.15, 0.2) is 11.5 Å². The van der Waals surface area contributed by atoms with E-state index in [0.717, 1.165) is 17.7 Å². The number of rotatable bonds is 6. The highest BCUT2D eigenvalue weighted by Crippen LogP contribution is 2.30. The van der Waals surface area contributed by atoms with Crippen molar-refractivity contribution in [2.24, 2.45) is 0 Å². The van der Waals surface area contributed by atoms with Crippen molar-refractivity contribution in [3.63, 3.8) is 0 Å². The normalized spacial score (nSPS) is 20.4. The summed E-state index contributed by atoms with van der Waals surface area (Å²) in [6, 6.07) is 3.68. The predicted molar refractivity (Wildman–Crippen MR) is 88.0 cm³/mol. The molecular weight excluding hydrogens is 296 g/mol. The van der Waals surface area contributed by atoms with Crippen molar-refractivity contribution in [2.75, 3.05) is 34.9 Å². The average Bonchev–Trinajstić information content (AvgIpc) is 3.04. The maximum atomic E-state index is 12.6. The number of methoxy groups -OCH3 is 3. The Morgan fingerprint density at radius 2 is 1.91 bits per heavy atom. The Morgan fingerprint density at radius 1 is 1.26 bits per heavy atom. The van der Waals surface area contributed by atoms with Gasteiger partial charge in [0.05, 0.1) is 26.4 Å². The standard InChI is InChI=1S/C17H26N2O4/c1-11-6-15(22-4)16(23-5)7-12(11)10-19(2)17(20)14-8-13(21-3)9-18-14/h6-7,13-14,18H,8-10H2,1-5H3/t13-,14-/m0/s1. The summed E-state index contributed by atoms with van der Waals surface area (Å²) in [6.45, 7) is 3.25. The minimum atomic E-state index is -0.176. The molecule has 1 aliphatic rings. The van der Waals surface area contributed by atoms with Gasteiger partial charge >= 0.3 is 0 Å². The summed E-state index contributed by atoms with van der Waals surface area (Å²) in [5.41, 5.74) is 2.11. The van der Waals surface area contributed by atoms with E-state index in [1.165, 1.54) is 0 Å². The molecule has 0 unspecified atom stereocenters. The fraction of sp³-hybridized carbons (Fsp3) is 0.588. The highest BCUT2D eigenvalue weighted by Gasteiger charge is 2.31. The van der Waals surface area contributed by atoms with Crippen LogP contribution in [0.15, 0.2) is 12.1 Å². The summed E-state index contributed by atoms with van der Waals surface area (Å²) >= 11 is 0. The molecule has 0 radical (unpaired) electrons. The van der Waals surface area contributed by atoms with Gasteiger partial charge in [-0.05, 0) is 36.6 Å². The molecule has 1 amide bonds. The van der Waals surface area contributed by atoms with E-state index < -0.39 is 0 Å².